The second-order valence-electron chi connectivity index (χ2n) is 4.54. The van der Waals surface area contributed by atoms with Crippen LogP contribution in [0.5, 0.6) is 0 Å². The van der Waals surface area contributed by atoms with Crippen LogP contribution in [-0.4, -0.2) is 11.1 Å². The van der Waals surface area contributed by atoms with Gasteiger partial charge in [-0.2, -0.15) is 0 Å². The number of hydrogen-bond donors (Lipinski definition) is 1. The molecule has 0 unspecified atom stereocenters. The summed E-state index contributed by atoms with van der Waals surface area (Å²) in [4.78, 5) is 12.2. The SMILES string of the molecule is Cc1cc(F)c2c(c1)-c1sc(C(=O)O)cc1CC2. The van der Waals surface area contributed by atoms with Gasteiger partial charge in [0, 0.05) is 4.88 Å². The predicted octanol–water partition coefficient (Wildman–Crippen LogP) is 3.66. The summed E-state index contributed by atoms with van der Waals surface area (Å²) in [6.07, 6.45) is 1.36. The molecule has 0 atom stereocenters. The van der Waals surface area contributed by atoms with E-state index in [0.717, 1.165) is 21.6 Å². The standard InChI is InChI=1S/C14H11FO2S/c1-7-4-10-9(11(15)5-7)3-2-8-6-12(14(16)17)18-13(8)10/h4-6H,2-3H2,1H3,(H,16,17). The van der Waals surface area contributed by atoms with Crippen molar-refractivity contribution in [1.82, 2.24) is 0 Å². The molecule has 2 aromatic rings. The normalized spacial score (nSPS) is 13.0. The zero-order chi connectivity index (χ0) is 12.9. The summed E-state index contributed by atoms with van der Waals surface area (Å²) in [6.45, 7) is 1.85. The average Bonchev–Trinajstić information content (AvgIpc) is 2.72. The topological polar surface area (TPSA) is 37.3 Å². The number of hydrogen-bond acceptors (Lipinski definition) is 2. The largest absolute Gasteiger partial charge is 0.477 e. The van der Waals surface area contributed by atoms with E-state index in [2.05, 4.69) is 0 Å². The maximum Gasteiger partial charge on any atom is 0.345 e. The third kappa shape index (κ3) is 1.64. The summed E-state index contributed by atoms with van der Waals surface area (Å²) >= 11 is 1.24. The van der Waals surface area contributed by atoms with Gasteiger partial charge < -0.3 is 5.11 Å². The van der Waals surface area contributed by atoms with Crippen molar-refractivity contribution in [2.24, 2.45) is 0 Å². The summed E-state index contributed by atoms with van der Waals surface area (Å²) < 4.78 is 13.9. The molecule has 92 valence electrons. The first-order chi connectivity index (χ1) is 8.56. The van der Waals surface area contributed by atoms with Gasteiger partial charge in [-0.15, -0.1) is 11.3 Å². The van der Waals surface area contributed by atoms with E-state index in [1.807, 2.05) is 13.0 Å². The molecule has 0 bridgehead atoms. The van der Waals surface area contributed by atoms with E-state index in [4.69, 9.17) is 5.11 Å². The smallest absolute Gasteiger partial charge is 0.345 e. The molecule has 0 saturated heterocycles. The zero-order valence-corrected chi connectivity index (χ0v) is 10.6. The Balaban J connectivity index is 2.24. The Morgan fingerprint density at radius 3 is 2.83 bits per heavy atom. The lowest BCUT2D eigenvalue weighted by molar-refractivity contribution is 0.0702. The number of aromatic carboxylic acids is 1. The molecular weight excluding hydrogens is 251 g/mol. The molecule has 0 fully saturated rings. The zero-order valence-electron chi connectivity index (χ0n) is 9.79. The molecule has 1 heterocycles. The minimum absolute atomic E-state index is 0.180. The lowest BCUT2D eigenvalue weighted by Gasteiger charge is -2.17. The first kappa shape index (κ1) is 11.4. The minimum atomic E-state index is -0.913. The molecule has 0 amide bonds. The maximum absolute atomic E-state index is 13.9. The van der Waals surface area contributed by atoms with Crippen molar-refractivity contribution in [3.63, 3.8) is 0 Å². The van der Waals surface area contributed by atoms with Crippen LogP contribution in [0.25, 0.3) is 10.4 Å². The monoisotopic (exact) mass is 262 g/mol. The van der Waals surface area contributed by atoms with Crippen LogP contribution in [0.15, 0.2) is 18.2 Å². The molecule has 0 spiro atoms. The molecule has 1 aliphatic carbocycles. The number of aryl methyl sites for hydroxylation is 2. The number of carboxylic acids is 1. The number of carbonyl (C=O) groups is 1. The van der Waals surface area contributed by atoms with Gasteiger partial charge in [0.2, 0.25) is 0 Å². The van der Waals surface area contributed by atoms with Gasteiger partial charge in [-0.05, 0) is 54.2 Å². The van der Waals surface area contributed by atoms with E-state index in [0.29, 0.717) is 23.3 Å². The van der Waals surface area contributed by atoms with Crippen LogP contribution in [0.3, 0.4) is 0 Å². The Labute approximate surface area is 108 Å². The van der Waals surface area contributed by atoms with Gasteiger partial charge >= 0.3 is 5.97 Å². The van der Waals surface area contributed by atoms with Crippen molar-refractivity contribution in [1.29, 1.82) is 0 Å². The van der Waals surface area contributed by atoms with Crippen LogP contribution in [0.2, 0.25) is 0 Å². The minimum Gasteiger partial charge on any atom is -0.477 e. The van der Waals surface area contributed by atoms with Crippen molar-refractivity contribution in [3.05, 3.63) is 45.6 Å². The predicted molar refractivity (Wildman–Crippen MR) is 68.8 cm³/mol. The molecule has 1 aromatic heterocycles. The number of fused-ring (bicyclic) bond motifs is 3. The van der Waals surface area contributed by atoms with E-state index >= 15 is 0 Å². The van der Waals surface area contributed by atoms with Crippen LogP contribution >= 0.6 is 11.3 Å². The van der Waals surface area contributed by atoms with Crippen molar-refractivity contribution in [2.75, 3.05) is 0 Å². The fraction of sp³-hybridized carbons (Fsp3) is 0.214. The van der Waals surface area contributed by atoms with Crippen LogP contribution in [0, 0.1) is 12.7 Å². The molecule has 1 N–H and O–H groups in total. The number of thiophene rings is 1. The Morgan fingerprint density at radius 1 is 1.33 bits per heavy atom. The third-order valence-electron chi connectivity index (χ3n) is 3.25. The van der Waals surface area contributed by atoms with E-state index in [1.54, 1.807) is 6.07 Å². The summed E-state index contributed by atoms with van der Waals surface area (Å²) in [5.41, 5.74) is 3.47. The van der Waals surface area contributed by atoms with Gasteiger partial charge in [0.15, 0.2) is 0 Å². The van der Waals surface area contributed by atoms with Crippen LogP contribution in [0.1, 0.15) is 26.4 Å². The van der Waals surface area contributed by atoms with Gasteiger partial charge in [-0.25, -0.2) is 9.18 Å². The van der Waals surface area contributed by atoms with Gasteiger partial charge in [-0.3, -0.25) is 0 Å². The molecule has 1 aromatic carbocycles. The van der Waals surface area contributed by atoms with Crippen LogP contribution in [-0.2, 0) is 12.8 Å². The highest BCUT2D eigenvalue weighted by Gasteiger charge is 2.23. The summed E-state index contributed by atoms with van der Waals surface area (Å²) in [6, 6.07) is 5.19. The summed E-state index contributed by atoms with van der Waals surface area (Å²) in [5.74, 6) is -1.09. The Kier molecular flexibility index (Phi) is 2.48. The van der Waals surface area contributed by atoms with E-state index in [1.165, 1.54) is 17.4 Å². The molecule has 3 rings (SSSR count). The maximum atomic E-state index is 13.9. The van der Waals surface area contributed by atoms with Crippen molar-refractivity contribution < 1.29 is 14.3 Å². The highest BCUT2D eigenvalue weighted by Crippen LogP contribution is 2.40. The van der Waals surface area contributed by atoms with Crippen molar-refractivity contribution >= 4 is 17.3 Å². The van der Waals surface area contributed by atoms with E-state index < -0.39 is 5.97 Å². The second-order valence-corrected chi connectivity index (χ2v) is 5.60. The molecule has 0 saturated carbocycles. The molecule has 1 aliphatic rings. The quantitative estimate of drug-likeness (QED) is 0.851. The Bertz CT molecular complexity index is 658. The van der Waals surface area contributed by atoms with E-state index in [-0.39, 0.29) is 5.82 Å². The number of benzene rings is 1. The highest BCUT2D eigenvalue weighted by atomic mass is 32.1. The van der Waals surface area contributed by atoms with Gasteiger partial charge in [0.1, 0.15) is 10.7 Å². The van der Waals surface area contributed by atoms with E-state index in [9.17, 15) is 9.18 Å². The number of carboxylic acid groups (broad SMARTS) is 1. The Hall–Kier alpha value is -1.68. The van der Waals surface area contributed by atoms with Gasteiger partial charge in [0.25, 0.3) is 0 Å². The lowest BCUT2D eigenvalue weighted by atomic mass is 9.90. The first-order valence-corrected chi connectivity index (χ1v) is 6.53. The first-order valence-electron chi connectivity index (χ1n) is 5.71. The second kappa shape index (κ2) is 3.92. The summed E-state index contributed by atoms with van der Waals surface area (Å²) in [5, 5.41) is 9.03. The molecule has 2 nitrogen and oxygen atoms in total. The lowest BCUT2D eigenvalue weighted by Crippen LogP contribution is -2.04. The third-order valence-corrected chi connectivity index (χ3v) is 4.45. The van der Waals surface area contributed by atoms with Crippen LogP contribution < -0.4 is 0 Å². The van der Waals surface area contributed by atoms with Crippen molar-refractivity contribution in [3.8, 4) is 10.4 Å². The fourth-order valence-electron chi connectivity index (χ4n) is 2.44. The summed E-state index contributed by atoms with van der Waals surface area (Å²) in [7, 11) is 0. The molecule has 0 radical (unpaired) electrons. The van der Waals surface area contributed by atoms with Gasteiger partial charge in [-0.1, -0.05) is 6.07 Å². The number of rotatable bonds is 1. The highest BCUT2D eigenvalue weighted by molar-refractivity contribution is 7.17. The average molecular weight is 262 g/mol. The Morgan fingerprint density at radius 2 is 2.11 bits per heavy atom. The molecule has 4 heteroatoms. The molecular formula is C14H11FO2S. The van der Waals surface area contributed by atoms with Crippen molar-refractivity contribution in [2.45, 2.75) is 19.8 Å². The number of halogens is 1. The van der Waals surface area contributed by atoms with Crippen LogP contribution in [0.4, 0.5) is 4.39 Å². The molecule has 18 heavy (non-hydrogen) atoms. The fourth-order valence-corrected chi connectivity index (χ4v) is 3.53. The molecule has 0 aliphatic heterocycles. The van der Waals surface area contributed by atoms with Gasteiger partial charge in [0.05, 0.1) is 0 Å².